The van der Waals surface area contributed by atoms with Gasteiger partial charge in [0.1, 0.15) is 5.92 Å². The van der Waals surface area contributed by atoms with Gasteiger partial charge in [-0.2, -0.15) is 0 Å². The van der Waals surface area contributed by atoms with E-state index in [1.54, 1.807) is 32.9 Å². The van der Waals surface area contributed by atoms with E-state index in [2.05, 4.69) is 5.32 Å². The van der Waals surface area contributed by atoms with Gasteiger partial charge in [-0.1, -0.05) is 13.0 Å². The molecule has 0 fully saturated rings. The van der Waals surface area contributed by atoms with Crippen molar-refractivity contribution in [1.29, 1.82) is 0 Å². The molecule has 3 rings (SSSR count). The van der Waals surface area contributed by atoms with Crippen molar-refractivity contribution < 1.29 is 38.1 Å². The zero-order chi connectivity index (χ0) is 26.0. The normalized spacial score (nSPS) is 21.9. The molecule has 9 nitrogen and oxygen atoms in total. The molecule has 0 bridgehead atoms. The molecule has 1 aliphatic heterocycles. The van der Waals surface area contributed by atoms with Crippen LogP contribution in [-0.4, -0.2) is 52.3 Å². The number of rotatable bonds is 7. The summed E-state index contributed by atoms with van der Waals surface area (Å²) < 4.78 is 27.2. The monoisotopic (exact) mass is 487 g/mol. The van der Waals surface area contributed by atoms with E-state index in [1.165, 1.54) is 28.4 Å². The third-order valence-electron chi connectivity index (χ3n) is 6.35. The summed E-state index contributed by atoms with van der Waals surface area (Å²) in [5.74, 6) is -2.65. The van der Waals surface area contributed by atoms with Crippen molar-refractivity contribution in [2.24, 2.45) is 11.8 Å². The molecule has 0 amide bonds. The van der Waals surface area contributed by atoms with Gasteiger partial charge in [0.25, 0.3) is 0 Å². The van der Waals surface area contributed by atoms with Crippen molar-refractivity contribution in [2.45, 2.75) is 46.1 Å². The lowest BCUT2D eigenvalue weighted by atomic mass is 9.69. The van der Waals surface area contributed by atoms with Crippen LogP contribution in [0, 0.1) is 11.8 Å². The Morgan fingerprint density at radius 2 is 1.69 bits per heavy atom. The van der Waals surface area contributed by atoms with E-state index in [0.717, 1.165) is 0 Å². The molecule has 35 heavy (non-hydrogen) atoms. The molecule has 1 aliphatic carbocycles. The number of allylic oxidation sites excluding steroid dienone is 3. The maximum absolute atomic E-state index is 13.9. The first-order valence-corrected chi connectivity index (χ1v) is 11.4. The van der Waals surface area contributed by atoms with Crippen LogP contribution < -0.4 is 19.5 Å². The molecule has 3 atom stereocenters. The topological polar surface area (TPSA) is 109 Å². The van der Waals surface area contributed by atoms with E-state index in [0.29, 0.717) is 46.2 Å². The maximum Gasteiger partial charge on any atom is 0.337 e. The molecule has 0 saturated heterocycles. The van der Waals surface area contributed by atoms with Crippen molar-refractivity contribution in [3.05, 3.63) is 40.2 Å². The zero-order valence-electron chi connectivity index (χ0n) is 21.4. The lowest BCUT2D eigenvalue weighted by Crippen LogP contribution is -2.43. The van der Waals surface area contributed by atoms with Gasteiger partial charge in [-0.25, -0.2) is 4.79 Å². The number of carbonyl (C=O) groups excluding carboxylic acids is 3. The van der Waals surface area contributed by atoms with Gasteiger partial charge in [-0.15, -0.1) is 0 Å². The smallest absolute Gasteiger partial charge is 0.337 e. The van der Waals surface area contributed by atoms with E-state index in [4.69, 9.17) is 23.7 Å². The number of esters is 2. The standard InChI is InChI=1S/C26H33NO8/c1-12(2)35-26(30)19-14(4)27-16-11-13(3)18(25(29)34-8)22(28)21(16)20(19)15-9-10-17(31-5)24(33-7)23(15)32-6/h9-10,12-13,18,20,27H,11H2,1-8H3/t13-,18-,20-/m1/s1. The summed E-state index contributed by atoms with van der Waals surface area (Å²) in [5, 5.41) is 3.24. The molecular formula is C26H33NO8. The molecule has 0 unspecified atom stereocenters. The van der Waals surface area contributed by atoms with Crippen LogP contribution in [0.2, 0.25) is 0 Å². The molecule has 0 saturated carbocycles. The highest BCUT2D eigenvalue weighted by Gasteiger charge is 2.48. The van der Waals surface area contributed by atoms with Gasteiger partial charge in [0.15, 0.2) is 17.3 Å². The number of dihydropyridines is 1. The lowest BCUT2D eigenvalue weighted by Gasteiger charge is -2.38. The molecule has 2 aliphatic rings. The Balaban J connectivity index is 2.32. The molecule has 9 heteroatoms. The molecule has 1 aromatic rings. The SMILES string of the molecule is COC(=O)[C@H]1C(=O)C2=C(C[C@H]1C)NC(C)=C(C(=O)OC(C)C)[C@H]2c1ccc(OC)c(OC)c1OC. The zero-order valence-corrected chi connectivity index (χ0v) is 21.4. The number of carbonyl (C=O) groups is 3. The number of benzene rings is 1. The van der Waals surface area contributed by atoms with Crippen molar-refractivity contribution in [1.82, 2.24) is 5.32 Å². The van der Waals surface area contributed by atoms with Crippen LogP contribution in [0.25, 0.3) is 0 Å². The number of ketones is 1. The third kappa shape index (κ3) is 4.59. The van der Waals surface area contributed by atoms with Gasteiger partial charge in [-0.05, 0) is 39.2 Å². The molecule has 1 N–H and O–H groups in total. The number of nitrogens with one attached hydrogen (secondary N) is 1. The first-order valence-electron chi connectivity index (χ1n) is 11.4. The fourth-order valence-electron chi connectivity index (χ4n) is 4.89. The van der Waals surface area contributed by atoms with Crippen molar-refractivity contribution >= 4 is 17.7 Å². The summed E-state index contributed by atoms with van der Waals surface area (Å²) in [6, 6.07) is 3.42. The molecular weight excluding hydrogens is 454 g/mol. The minimum absolute atomic E-state index is 0.259. The third-order valence-corrected chi connectivity index (χ3v) is 6.35. The Kier molecular flexibility index (Phi) is 7.77. The number of hydrogen-bond donors (Lipinski definition) is 1. The van der Waals surface area contributed by atoms with Gasteiger partial charge in [0, 0.05) is 22.5 Å². The summed E-state index contributed by atoms with van der Waals surface area (Å²) in [6.45, 7) is 7.10. The van der Waals surface area contributed by atoms with E-state index in [9.17, 15) is 14.4 Å². The number of ether oxygens (including phenoxy) is 5. The summed E-state index contributed by atoms with van der Waals surface area (Å²) in [5.41, 5.74) is 2.30. The summed E-state index contributed by atoms with van der Waals surface area (Å²) in [4.78, 5) is 39.8. The lowest BCUT2D eigenvalue weighted by molar-refractivity contribution is -0.151. The fourth-order valence-corrected chi connectivity index (χ4v) is 4.89. The Labute approximate surface area is 205 Å². The molecule has 0 aromatic heterocycles. The quantitative estimate of drug-likeness (QED) is 0.458. The maximum atomic E-state index is 13.9. The highest BCUT2D eigenvalue weighted by molar-refractivity contribution is 6.12. The summed E-state index contributed by atoms with van der Waals surface area (Å²) in [7, 11) is 5.72. The van der Waals surface area contributed by atoms with Crippen LogP contribution in [0.5, 0.6) is 17.2 Å². The molecule has 1 heterocycles. The van der Waals surface area contributed by atoms with E-state index >= 15 is 0 Å². The minimum Gasteiger partial charge on any atom is -0.493 e. The first-order chi connectivity index (χ1) is 16.6. The number of Topliss-reactive ketones (excluding diaryl/α,β-unsaturated/α-hetero) is 1. The van der Waals surface area contributed by atoms with Crippen LogP contribution in [0.15, 0.2) is 34.7 Å². The predicted molar refractivity (Wildman–Crippen MR) is 127 cm³/mol. The summed E-state index contributed by atoms with van der Waals surface area (Å²) in [6.07, 6.45) is 0.0487. The van der Waals surface area contributed by atoms with Crippen LogP contribution in [0.1, 0.15) is 45.6 Å². The fraction of sp³-hybridized carbons (Fsp3) is 0.500. The van der Waals surface area contributed by atoms with E-state index in [1.807, 2.05) is 6.92 Å². The minimum atomic E-state index is -0.991. The molecule has 0 spiro atoms. The van der Waals surface area contributed by atoms with Crippen LogP contribution in [0.4, 0.5) is 0 Å². The largest absolute Gasteiger partial charge is 0.493 e. The van der Waals surface area contributed by atoms with Gasteiger partial charge in [0.2, 0.25) is 5.75 Å². The molecule has 1 aromatic carbocycles. The summed E-state index contributed by atoms with van der Waals surface area (Å²) >= 11 is 0. The number of hydrogen-bond acceptors (Lipinski definition) is 9. The van der Waals surface area contributed by atoms with Gasteiger partial charge in [0.05, 0.1) is 46.0 Å². The van der Waals surface area contributed by atoms with Crippen LogP contribution in [-0.2, 0) is 23.9 Å². The van der Waals surface area contributed by atoms with Crippen molar-refractivity contribution in [3.8, 4) is 17.2 Å². The van der Waals surface area contributed by atoms with E-state index in [-0.39, 0.29) is 17.6 Å². The second kappa shape index (κ2) is 10.4. The van der Waals surface area contributed by atoms with Gasteiger partial charge >= 0.3 is 11.9 Å². The van der Waals surface area contributed by atoms with Gasteiger partial charge in [-0.3, -0.25) is 9.59 Å². The Bertz CT molecular complexity index is 1100. The predicted octanol–water partition coefficient (Wildman–Crippen LogP) is 3.28. The Morgan fingerprint density at radius 3 is 2.23 bits per heavy atom. The highest BCUT2D eigenvalue weighted by Crippen LogP contribution is 2.51. The Morgan fingerprint density at radius 1 is 1.03 bits per heavy atom. The van der Waals surface area contributed by atoms with E-state index < -0.39 is 29.6 Å². The second-order valence-electron chi connectivity index (χ2n) is 8.91. The molecule has 190 valence electrons. The van der Waals surface area contributed by atoms with Gasteiger partial charge < -0.3 is 29.0 Å². The van der Waals surface area contributed by atoms with Crippen LogP contribution in [0.3, 0.4) is 0 Å². The first kappa shape index (κ1) is 26.1. The van der Waals surface area contributed by atoms with Crippen molar-refractivity contribution in [2.75, 3.05) is 28.4 Å². The molecule has 0 radical (unpaired) electrons. The number of methoxy groups -OCH3 is 4. The average Bonchev–Trinajstić information content (AvgIpc) is 2.81. The Hall–Kier alpha value is -3.49. The van der Waals surface area contributed by atoms with Crippen LogP contribution >= 0.6 is 0 Å². The average molecular weight is 488 g/mol. The highest BCUT2D eigenvalue weighted by atomic mass is 16.5. The second-order valence-corrected chi connectivity index (χ2v) is 8.91. The van der Waals surface area contributed by atoms with Crippen molar-refractivity contribution in [3.63, 3.8) is 0 Å².